The molecule has 1 aliphatic heterocycles. The second-order valence-corrected chi connectivity index (χ2v) is 7.68. The van der Waals surface area contributed by atoms with Crippen LogP contribution in [-0.4, -0.2) is 50.5 Å². The van der Waals surface area contributed by atoms with E-state index in [2.05, 4.69) is 35.9 Å². The molecule has 0 bridgehead atoms. The first kappa shape index (κ1) is 19.2. The monoisotopic (exact) mass is 411 g/mol. The zero-order valence-corrected chi connectivity index (χ0v) is 16.4. The molecule has 3 heterocycles. The number of aliphatic hydroxyl groups excluding tert-OH is 1. The molecule has 10 heteroatoms. The van der Waals surface area contributed by atoms with Crippen LogP contribution in [0, 0.1) is 0 Å². The number of carbonyl (C=O) groups is 1. The fourth-order valence-corrected chi connectivity index (χ4v) is 3.91. The van der Waals surface area contributed by atoms with Gasteiger partial charge in [-0.2, -0.15) is 5.10 Å². The standard InChI is InChI=1S/C19H21N7O2S/c27-16(13-5-2-1-3-6-13)17(28)22-19-25-24-18(29-19)21-14-8-11-26(12-9-14)15-7-4-10-20-23-15/h1-7,10,14,16,27H,8-9,11-12H2,(H,21,24)(H,22,25,28)/t16-/m0/s1. The molecule has 0 radical (unpaired) electrons. The number of piperidine rings is 1. The molecule has 29 heavy (non-hydrogen) atoms. The van der Waals surface area contributed by atoms with Gasteiger partial charge in [0.15, 0.2) is 11.9 Å². The van der Waals surface area contributed by atoms with Crippen molar-refractivity contribution in [1.29, 1.82) is 0 Å². The van der Waals surface area contributed by atoms with Crippen LogP contribution in [0.1, 0.15) is 24.5 Å². The first-order valence-corrected chi connectivity index (χ1v) is 10.2. The molecule has 3 aromatic rings. The fraction of sp³-hybridized carbons (Fsp3) is 0.316. The molecule has 1 aliphatic rings. The SMILES string of the molecule is O=C(Nc1nnc(NC2CCN(c3cccnn3)CC2)s1)[C@@H](O)c1ccccc1. The molecule has 0 saturated carbocycles. The number of aliphatic hydroxyl groups is 1. The molecule has 0 unspecified atom stereocenters. The summed E-state index contributed by atoms with van der Waals surface area (Å²) in [4.78, 5) is 14.4. The summed E-state index contributed by atoms with van der Waals surface area (Å²) in [5.74, 6) is 0.361. The van der Waals surface area contributed by atoms with E-state index >= 15 is 0 Å². The van der Waals surface area contributed by atoms with E-state index in [1.807, 2.05) is 18.2 Å². The topological polar surface area (TPSA) is 116 Å². The van der Waals surface area contributed by atoms with E-state index in [9.17, 15) is 9.90 Å². The van der Waals surface area contributed by atoms with Crippen molar-refractivity contribution < 1.29 is 9.90 Å². The number of carbonyl (C=O) groups excluding carboxylic acids is 1. The zero-order valence-electron chi connectivity index (χ0n) is 15.6. The summed E-state index contributed by atoms with van der Waals surface area (Å²) in [5.41, 5.74) is 0.530. The van der Waals surface area contributed by atoms with Crippen LogP contribution >= 0.6 is 11.3 Å². The van der Waals surface area contributed by atoms with E-state index in [0.29, 0.717) is 15.8 Å². The molecular weight excluding hydrogens is 390 g/mol. The molecule has 3 N–H and O–H groups in total. The van der Waals surface area contributed by atoms with Gasteiger partial charge >= 0.3 is 0 Å². The lowest BCUT2D eigenvalue weighted by molar-refractivity contribution is -0.124. The second kappa shape index (κ2) is 8.93. The highest BCUT2D eigenvalue weighted by Crippen LogP contribution is 2.25. The highest BCUT2D eigenvalue weighted by atomic mass is 32.1. The number of hydrogen-bond donors (Lipinski definition) is 3. The minimum atomic E-state index is -1.25. The van der Waals surface area contributed by atoms with Gasteiger partial charge in [0, 0.05) is 25.3 Å². The Morgan fingerprint density at radius 1 is 1.07 bits per heavy atom. The van der Waals surface area contributed by atoms with Gasteiger partial charge in [0.2, 0.25) is 10.3 Å². The Labute approximate surface area is 171 Å². The quantitative estimate of drug-likeness (QED) is 0.565. The van der Waals surface area contributed by atoms with Crippen LogP contribution in [-0.2, 0) is 4.79 Å². The predicted molar refractivity (Wildman–Crippen MR) is 111 cm³/mol. The van der Waals surface area contributed by atoms with Gasteiger partial charge in [-0.3, -0.25) is 10.1 Å². The molecule has 9 nitrogen and oxygen atoms in total. The van der Waals surface area contributed by atoms with Crippen molar-refractivity contribution in [3.63, 3.8) is 0 Å². The summed E-state index contributed by atoms with van der Waals surface area (Å²) in [5, 5.41) is 33.3. The first-order valence-electron chi connectivity index (χ1n) is 9.35. The molecule has 150 valence electrons. The second-order valence-electron chi connectivity index (χ2n) is 6.70. The number of aromatic nitrogens is 4. The number of amides is 1. The van der Waals surface area contributed by atoms with Crippen LogP contribution in [0.3, 0.4) is 0 Å². The maximum absolute atomic E-state index is 12.2. The van der Waals surface area contributed by atoms with Crippen LogP contribution < -0.4 is 15.5 Å². The average Bonchev–Trinajstić information content (AvgIpc) is 3.21. The molecule has 2 aromatic heterocycles. The van der Waals surface area contributed by atoms with E-state index in [1.165, 1.54) is 11.3 Å². The number of nitrogens with one attached hydrogen (secondary N) is 2. The largest absolute Gasteiger partial charge is 0.378 e. The third kappa shape index (κ3) is 4.84. The lowest BCUT2D eigenvalue weighted by atomic mass is 10.1. The molecule has 1 atom stereocenters. The molecule has 4 rings (SSSR count). The number of rotatable bonds is 6. The Bertz CT molecular complexity index is 930. The molecule has 1 aromatic carbocycles. The minimum Gasteiger partial charge on any atom is -0.378 e. The summed E-state index contributed by atoms with van der Waals surface area (Å²) in [6.45, 7) is 1.75. The third-order valence-electron chi connectivity index (χ3n) is 4.72. The molecule has 0 aliphatic carbocycles. The molecular formula is C19H21N7O2S. The predicted octanol–water partition coefficient (Wildman–Crippen LogP) is 2.08. The van der Waals surface area contributed by atoms with Crippen molar-refractivity contribution in [2.45, 2.75) is 25.0 Å². The maximum atomic E-state index is 12.2. The Balaban J connectivity index is 1.28. The van der Waals surface area contributed by atoms with E-state index in [1.54, 1.807) is 30.5 Å². The summed E-state index contributed by atoms with van der Waals surface area (Å²) < 4.78 is 0. The van der Waals surface area contributed by atoms with Gasteiger partial charge in [0.05, 0.1) is 0 Å². The van der Waals surface area contributed by atoms with Crippen molar-refractivity contribution >= 4 is 33.3 Å². The third-order valence-corrected chi connectivity index (χ3v) is 5.49. The number of hydrogen-bond acceptors (Lipinski definition) is 9. The maximum Gasteiger partial charge on any atom is 0.259 e. The van der Waals surface area contributed by atoms with Crippen LogP contribution in [0.5, 0.6) is 0 Å². The zero-order chi connectivity index (χ0) is 20.1. The highest BCUT2D eigenvalue weighted by Gasteiger charge is 2.22. The molecule has 1 amide bonds. The Morgan fingerprint density at radius 2 is 1.83 bits per heavy atom. The normalized spacial score (nSPS) is 15.7. The van der Waals surface area contributed by atoms with Crippen molar-refractivity contribution in [2.75, 3.05) is 28.6 Å². The Morgan fingerprint density at radius 3 is 2.55 bits per heavy atom. The van der Waals surface area contributed by atoms with Crippen molar-refractivity contribution in [2.24, 2.45) is 0 Å². The van der Waals surface area contributed by atoms with Gasteiger partial charge in [-0.05, 0) is 30.5 Å². The van der Waals surface area contributed by atoms with E-state index in [-0.39, 0.29) is 6.04 Å². The van der Waals surface area contributed by atoms with Crippen LogP contribution in [0.15, 0.2) is 48.7 Å². The summed E-state index contributed by atoms with van der Waals surface area (Å²) in [6, 6.07) is 12.9. The number of nitrogens with zero attached hydrogens (tertiary/aromatic N) is 5. The van der Waals surface area contributed by atoms with Crippen LogP contribution in [0.4, 0.5) is 16.1 Å². The molecule has 1 saturated heterocycles. The smallest absolute Gasteiger partial charge is 0.259 e. The van der Waals surface area contributed by atoms with Gasteiger partial charge in [0.25, 0.3) is 5.91 Å². The number of anilines is 3. The summed E-state index contributed by atoms with van der Waals surface area (Å²) in [6.07, 6.45) is 2.29. The summed E-state index contributed by atoms with van der Waals surface area (Å²) >= 11 is 1.25. The van der Waals surface area contributed by atoms with Crippen LogP contribution in [0.25, 0.3) is 0 Å². The minimum absolute atomic E-state index is 0.273. The fourth-order valence-electron chi connectivity index (χ4n) is 3.18. The Hall–Kier alpha value is -3.11. The van der Waals surface area contributed by atoms with E-state index < -0.39 is 12.0 Å². The Kier molecular flexibility index (Phi) is 5.92. The first-order chi connectivity index (χ1) is 14.2. The van der Waals surface area contributed by atoms with E-state index in [0.717, 1.165) is 31.7 Å². The van der Waals surface area contributed by atoms with Crippen molar-refractivity contribution in [1.82, 2.24) is 20.4 Å². The average molecular weight is 411 g/mol. The lowest BCUT2D eigenvalue weighted by Gasteiger charge is -2.32. The van der Waals surface area contributed by atoms with Gasteiger partial charge in [0.1, 0.15) is 0 Å². The van der Waals surface area contributed by atoms with E-state index in [4.69, 9.17) is 0 Å². The molecule has 0 spiro atoms. The van der Waals surface area contributed by atoms with Crippen LogP contribution in [0.2, 0.25) is 0 Å². The van der Waals surface area contributed by atoms with Gasteiger partial charge in [-0.15, -0.1) is 15.3 Å². The van der Waals surface area contributed by atoms with Gasteiger partial charge < -0.3 is 15.3 Å². The van der Waals surface area contributed by atoms with Crippen molar-refractivity contribution in [3.05, 3.63) is 54.2 Å². The molecule has 1 fully saturated rings. The summed E-state index contributed by atoms with van der Waals surface area (Å²) in [7, 11) is 0. The number of benzene rings is 1. The van der Waals surface area contributed by atoms with Gasteiger partial charge in [-0.1, -0.05) is 41.7 Å². The van der Waals surface area contributed by atoms with Crippen molar-refractivity contribution in [3.8, 4) is 0 Å². The highest BCUT2D eigenvalue weighted by molar-refractivity contribution is 7.19. The lowest BCUT2D eigenvalue weighted by Crippen LogP contribution is -2.39. The van der Waals surface area contributed by atoms with Gasteiger partial charge in [-0.25, -0.2) is 0 Å².